The number of hydrogen-bond acceptors (Lipinski definition) is 10. The van der Waals surface area contributed by atoms with Gasteiger partial charge in [-0.15, -0.1) is 6.42 Å². The van der Waals surface area contributed by atoms with Crippen LogP contribution in [0.1, 0.15) is 65.5 Å². The number of nitrogens with two attached hydrogens (primary N) is 1. The van der Waals surface area contributed by atoms with Crippen molar-refractivity contribution in [2.24, 2.45) is 0 Å². The van der Waals surface area contributed by atoms with E-state index in [2.05, 4.69) is 15.9 Å². The van der Waals surface area contributed by atoms with Crippen molar-refractivity contribution >= 4 is 34.8 Å². The molecular formula is C25H31FN4O7. The number of nitrogens with zero attached hydrogens (tertiary/aromatic N) is 3. The van der Waals surface area contributed by atoms with Gasteiger partial charge in [-0.05, 0) is 31.2 Å². The Bertz CT molecular complexity index is 1200. The first-order valence-electron chi connectivity index (χ1n) is 12.1. The second-order valence-electron chi connectivity index (χ2n) is 8.67. The van der Waals surface area contributed by atoms with Gasteiger partial charge in [0.2, 0.25) is 6.10 Å². The lowest BCUT2D eigenvalue weighted by Crippen LogP contribution is -2.55. The molecule has 2 aromatic heterocycles. The van der Waals surface area contributed by atoms with E-state index in [1.54, 1.807) is 20.8 Å². The van der Waals surface area contributed by atoms with E-state index in [9.17, 15) is 14.4 Å². The molecule has 0 aromatic carbocycles. The maximum atomic E-state index is 16.7. The first-order valence-corrected chi connectivity index (χ1v) is 12.1. The summed E-state index contributed by atoms with van der Waals surface area (Å²) in [4.78, 5) is 45.8. The lowest BCUT2D eigenvalue weighted by molar-refractivity contribution is -0.224. The third-order valence-electron chi connectivity index (χ3n) is 5.75. The number of anilines is 1. The van der Waals surface area contributed by atoms with Gasteiger partial charge in [0, 0.05) is 25.5 Å². The zero-order valence-electron chi connectivity index (χ0n) is 21.1. The third-order valence-corrected chi connectivity index (χ3v) is 5.75. The quantitative estimate of drug-likeness (QED) is 0.268. The summed E-state index contributed by atoms with van der Waals surface area (Å²) in [5.74, 6) is -2.93. The van der Waals surface area contributed by atoms with Crippen molar-refractivity contribution in [3.05, 3.63) is 18.6 Å². The molecule has 3 rings (SSSR count). The fraction of sp³-hybridized carbons (Fsp3) is 0.560. The zero-order valence-corrected chi connectivity index (χ0v) is 21.1. The highest BCUT2D eigenvalue weighted by atomic mass is 19.2. The predicted octanol–water partition coefficient (Wildman–Crippen LogP) is 2.98. The van der Waals surface area contributed by atoms with Gasteiger partial charge in [-0.3, -0.25) is 19.0 Å². The van der Waals surface area contributed by atoms with Crippen molar-refractivity contribution in [3.8, 4) is 12.3 Å². The van der Waals surface area contributed by atoms with Crippen molar-refractivity contribution in [2.45, 2.75) is 83.1 Å². The van der Waals surface area contributed by atoms with Crippen molar-refractivity contribution in [1.29, 1.82) is 0 Å². The maximum Gasteiger partial charge on any atom is 0.307 e. The first-order chi connectivity index (χ1) is 17.7. The molecule has 0 saturated carbocycles. The van der Waals surface area contributed by atoms with Gasteiger partial charge in [0.05, 0.1) is 12.0 Å². The summed E-state index contributed by atoms with van der Waals surface area (Å²) in [6.45, 7) is 4.26. The van der Waals surface area contributed by atoms with Crippen LogP contribution in [0.3, 0.4) is 0 Å². The smallest absolute Gasteiger partial charge is 0.307 e. The molecule has 12 heteroatoms. The van der Waals surface area contributed by atoms with Crippen molar-refractivity contribution in [3.63, 3.8) is 0 Å². The molecule has 1 aliphatic rings. The number of rotatable bonds is 11. The first kappa shape index (κ1) is 27.9. The van der Waals surface area contributed by atoms with Crippen molar-refractivity contribution < 1.29 is 37.7 Å². The summed E-state index contributed by atoms with van der Waals surface area (Å²) in [6, 6.07) is 1.52. The molecule has 0 radical (unpaired) electrons. The van der Waals surface area contributed by atoms with E-state index >= 15 is 4.39 Å². The number of halogens is 1. The molecule has 0 aliphatic carbocycles. The number of pyridine rings is 1. The van der Waals surface area contributed by atoms with Crippen molar-refractivity contribution in [2.75, 3.05) is 12.3 Å². The largest absolute Gasteiger partial charge is 0.459 e. The predicted molar refractivity (Wildman–Crippen MR) is 129 cm³/mol. The van der Waals surface area contributed by atoms with Crippen LogP contribution in [-0.2, 0) is 33.3 Å². The number of alkyl halides is 1. The van der Waals surface area contributed by atoms with E-state index in [0.717, 1.165) is 0 Å². The Kier molecular flexibility index (Phi) is 8.70. The Hall–Kier alpha value is -3.72. The number of carbonyl (C=O) groups excluding carboxylic acids is 3. The number of carbonyl (C=O) groups is 3. The molecule has 1 saturated heterocycles. The molecule has 0 bridgehead atoms. The van der Waals surface area contributed by atoms with E-state index in [1.807, 2.05) is 0 Å². The van der Waals surface area contributed by atoms with Gasteiger partial charge >= 0.3 is 17.9 Å². The zero-order chi connectivity index (χ0) is 27.2. The summed E-state index contributed by atoms with van der Waals surface area (Å²) in [7, 11) is 0. The number of imidazole rings is 1. The standard InChI is InChI=1S/C25H31FN4O7/c1-5-9-17(31)34-14-25(26)22(35-18(32)10-6-2)24(8-4,36-19(33)11-7-3)23(37-25)30-15-29-20-16(27)12-13-28-21(20)30/h4,12-13,15,22-23H,5-7,9-11,14H2,1-3H3,(H2,27,28)/t22-,23+,24+,25+/m0/s1. The number of nitrogen functional groups attached to an aromatic ring is 1. The summed E-state index contributed by atoms with van der Waals surface area (Å²) < 4.78 is 39.9. The van der Waals surface area contributed by atoms with Crippen LogP contribution in [0, 0.1) is 12.3 Å². The summed E-state index contributed by atoms with van der Waals surface area (Å²) in [5, 5.41) is 0. The molecule has 37 heavy (non-hydrogen) atoms. The minimum atomic E-state index is -2.98. The molecule has 0 spiro atoms. The van der Waals surface area contributed by atoms with Crippen LogP contribution >= 0.6 is 0 Å². The van der Waals surface area contributed by atoms with Crippen LogP contribution in [0.4, 0.5) is 10.1 Å². The number of aromatic nitrogens is 3. The normalized spacial score (nSPS) is 24.9. The summed E-state index contributed by atoms with van der Waals surface area (Å²) in [5.41, 5.74) is 4.39. The Labute approximate surface area is 213 Å². The van der Waals surface area contributed by atoms with Crippen LogP contribution in [0.5, 0.6) is 0 Å². The van der Waals surface area contributed by atoms with Gasteiger partial charge in [-0.25, -0.2) is 14.4 Å². The number of ether oxygens (including phenoxy) is 4. The monoisotopic (exact) mass is 518 g/mol. The third kappa shape index (κ3) is 5.51. The molecule has 0 unspecified atom stereocenters. The molecule has 4 atom stereocenters. The number of terminal acetylenes is 1. The Morgan fingerprint density at radius 1 is 1.14 bits per heavy atom. The van der Waals surface area contributed by atoms with E-state index in [-0.39, 0.29) is 36.1 Å². The molecule has 3 heterocycles. The van der Waals surface area contributed by atoms with E-state index in [4.69, 9.17) is 31.1 Å². The van der Waals surface area contributed by atoms with Gasteiger partial charge in [-0.1, -0.05) is 20.8 Å². The van der Waals surface area contributed by atoms with E-state index < -0.39 is 48.3 Å². The average Bonchev–Trinajstić information content (AvgIpc) is 3.38. The second-order valence-corrected chi connectivity index (χ2v) is 8.67. The van der Waals surface area contributed by atoms with Crippen LogP contribution in [-0.4, -0.2) is 56.6 Å². The van der Waals surface area contributed by atoms with Gasteiger partial charge in [0.25, 0.3) is 11.5 Å². The van der Waals surface area contributed by atoms with Crippen molar-refractivity contribution in [1.82, 2.24) is 14.5 Å². The molecule has 0 amide bonds. The molecular weight excluding hydrogens is 487 g/mol. The highest BCUT2D eigenvalue weighted by Gasteiger charge is 2.71. The van der Waals surface area contributed by atoms with Gasteiger partial charge in [0.1, 0.15) is 5.52 Å². The molecule has 11 nitrogen and oxygen atoms in total. The molecule has 2 N–H and O–H groups in total. The summed E-state index contributed by atoms with van der Waals surface area (Å²) in [6.07, 6.45) is 6.14. The lowest BCUT2D eigenvalue weighted by atomic mass is 9.92. The van der Waals surface area contributed by atoms with Crippen LogP contribution < -0.4 is 5.73 Å². The van der Waals surface area contributed by atoms with Gasteiger partial charge in [-0.2, -0.15) is 0 Å². The van der Waals surface area contributed by atoms with Gasteiger partial charge in [0.15, 0.2) is 18.5 Å². The van der Waals surface area contributed by atoms with Crippen LogP contribution in [0.15, 0.2) is 18.6 Å². The maximum absolute atomic E-state index is 16.7. The number of fused-ring (bicyclic) bond motifs is 1. The van der Waals surface area contributed by atoms with Gasteiger partial charge < -0.3 is 24.7 Å². The van der Waals surface area contributed by atoms with Crippen LogP contribution in [0.25, 0.3) is 11.2 Å². The SMILES string of the molecule is C#C[C@]1(OC(=O)CCC)[C@H](n2cnc3c(N)ccnc32)O[C@](F)(COC(=O)CCC)[C@H]1OC(=O)CCC. The minimum Gasteiger partial charge on any atom is -0.459 e. The number of hydrogen-bond donors (Lipinski definition) is 1. The average molecular weight is 519 g/mol. The number of esters is 3. The fourth-order valence-electron chi connectivity index (χ4n) is 4.03. The second kappa shape index (κ2) is 11.6. The summed E-state index contributed by atoms with van der Waals surface area (Å²) >= 11 is 0. The molecule has 1 fully saturated rings. The molecule has 2 aromatic rings. The topological polar surface area (TPSA) is 145 Å². The fourth-order valence-corrected chi connectivity index (χ4v) is 4.03. The Morgan fingerprint density at radius 2 is 1.78 bits per heavy atom. The molecule has 200 valence electrons. The van der Waals surface area contributed by atoms with Crippen LogP contribution in [0.2, 0.25) is 0 Å². The lowest BCUT2D eigenvalue weighted by Gasteiger charge is -2.34. The van der Waals surface area contributed by atoms with E-state index in [1.165, 1.54) is 23.2 Å². The minimum absolute atomic E-state index is 0.0287. The molecule has 1 aliphatic heterocycles. The van der Waals surface area contributed by atoms with E-state index in [0.29, 0.717) is 19.3 Å². The Balaban J connectivity index is 2.18. The highest BCUT2D eigenvalue weighted by Crippen LogP contribution is 2.50. The highest BCUT2D eigenvalue weighted by molar-refractivity contribution is 5.84. The Morgan fingerprint density at radius 3 is 2.43 bits per heavy atom.